The van der Waals surface area contributed by atoms with E-state index in [0.717, 1.165) is 18.4 Å². The van der Waals surface area contributed by atoms with E-state index < -0.39 is 8.60 Å². The fraction of sp³-hybridized carbons (Fsp3) is 0.455. The molecule has 1 aromatic carbocycles. The highest BCUT2D eigenvalue weighted by Crippen LogP contribution is 2.32. The molecule has 0 aliphatic rings. The van der Waals surface area contributed by atoms with Crippen molar-refractivity contribution in [2.24, 2.45) is 5.92 Å². The van der Waals surface area contributed by atoms with Gasteiger partial charge in [-0.2, -0.15) is 0 Å². The molecule has 0 bridgehead atoms. The maximum absolute atomic E-state index is 8.82. The lowest BCUT2D eigenvalue weighted by atomic mass is 9.98. The summed E-state index contributed by atoms with van der Waals surface area (Å²) >= 11 is 0. The first kappa shape index (κ1) is 12.4. The van der Waals surface area contributed by atoms with Gasteiger partial charge >= 0.3 is 8.60 Å². The van der Waals surface area contributed by atoms with Crippen LogP contribution < -0.4 is 4.52 Å². The Hall–Kier alpha value is -0.630. The van der Waals surface area contributed by atoms with Crippen LogP contribution in [-0.2, 0) is 6.42 Å². The van der Waals surface area contributed by atoms with Crippen LogP contribution in [0.25, 0.3) is 0 Å². The molecule has 0 saturated heterocycles. The summed E-state index contributed by atoms with van der Waals surface area (Å²) in [5.41, 5.74) is 1.03. The third kappa shape index (κ3) is 4.17. The maximum atomic E-state index is 8.82. The normalized spacial score (nSPS) is 12.9. The molecule has 0 heterocycles. The second-order valence-electron chi connectivity index (χ2n) is 3.67. The Morgan fingerprint density at radius 1 is 1.33 bits per heavy atom. The summed E-state index contributed by atoms with van der Waals surface area (Å²) in [6.07, 6.45) is 2.00. The van der Waals surface area contributed by atoms with Crippen LogP contribution in [-0.4, -0.2) is 9.79 Å². The minimum atomic E-state index is -2.32. The lowest BCUT2D eigenvalue weighted by molar-refractivity contribution is 0.372. The third-order valence-electron chi connectivity index (χ3n) is 2.42. The van der Waals surface area contributed by atoms with Gasteiger partial charge in [-0.05, 0) is 24.0 Å². The minimum Gasteiger partial charge on any atom is -0.427 e. The Balaban J connectivity index is 2.76. The zero-order chi connectivity index (χ0) is 11.3. The molecule has 0 saturated carbocycles. The van der Waals surface area contributed by atoms with Crippen molar-refractivity contribution in [2.75, 3.05) is 0 Å². The molecule has 0 aliphatic carbocycles. The van der Waals surface area contributed by atoms with E-state index in [4.69, 9.17) is 14.3 Å². The van der Waals surface area contributed by atoms with Gasteiger partial charge in [0.05, 0.1) is 0 Å². The Kier molecular flexibility index (Phi) is 5.03. The molecule has 1 atom stereocenters. The predicted molar refractivity (Wildman–Crippen MR) is 61.6 cm³/mol. The Bertz CT molecular complexity index is 302. The van der Waals surface area contributed by atoms with Crippen LogP contribution in [0, 0.1) is 5.92 Å². The molecule has 84 valence electrons. The fourth-order valence-corrected chi connectivity index (χ4v) is 1.72. The van der Waals surface area contributed by atoms with E-state index in [1.54, 1.807) is 6.07 Å². The van der Waals surface area contributed by atoms with Gasteiger partial charge in [-0.25, -0.2) is 0 Å². The molecule has 1 aromatic rings. The van der Waals surface area contributed by atoms with Crippen molar-refractivity contribution >= 4 is 8.60 Å². The van der Waals surface area contributed by atoms with Crippen LogP contribution in [0.15, 0.2) is 24.3 Å². The molecule has 15 heavy (non-hydrogen) atoms. The first-order valence-electron chi connectivity index (χ1n) is 5.07. The lowest BCUT2D eigenvalue weighted by Crippen LogP contribution is -2.00. The largest absolute Gasteiger partial charge is 0.427 e. The highest BCUT2D eigenvalue weighted by molar-refractivity contribution is 7.39. The Morgan fingerprint density at radius 3 is 2.60 bits per heavy atom. The molecule has 2 N–H and O–H groups in total. The number of hydrogen-bond donors (Lipinski definition) is 2. The fourth-order valence-electron chi connectivity index (χ4n) is 1.37. The Labute approximate surface area is 91.7 Å². The second kappa shape index (κ2) is 6.06. The van der Waals surface area contributed by atoms with E-state index in [1.807, 2.05) is 18.2 Å². The lowest BCUT2D eigenvalue weighted by Gasteiger charge is -2.13. The molecule has 0 aromatic heterocycles. The van der Waals surface area contributed by atoms with Gasteiger partial charge in [-0.15, -0.1) is 0 Å². The summed E-state index contributed by atoms with van der Waals surface area (Å²) in [5.74, 6) is 1.15. The van der Waals surface area contributed by atoms with Crippen LogP contribution in [0.4, 0.5) is 0 Å². The van der Waals surface area contributed by atoms with Crippen molar-refractivity contribution in [3.63, 3.8) is 0 Å². The van der Waals surface area contributed by atoms with Gasteiger partial charge in [0, 0.05) is 0 Å². The molecule has 1 unspecified atom stereocenters. The average Bonchev–Trinajstić information content (AvgIpc) is 2.20. The molecule has 0 radical (unpaired) electrons. The van der Waals surface area contributed by atoms with Crippen molar-refractivity contribution in [1.29, 1.82) is 0 Å². The van der Waals surface area contributed by atoms with E-state index in [9.17, 15) is 0 Å². The first-order valence-corrected chi connectivity index (χ1v) is 6.23. The second-order valence-corrected chi connectivity index (χ2v) is 4.36. The van der Waals surface area contributed by atoms with Crippen LogP contribution in [0.5, 0.6) is 5.75 Å². The van der Waals surface area contributed by atoms with Crippen molar-refractivity contribution in [2.45, 2.75) is 26.7 Å². The summed E-state index contributed by atoms with van der Waals surface area (Å²) in [4.78, 5) is 17.6. The van der Waals surface area contributed by atoms with E-state index in [-0.39, 0.29) is 0 Å². The molecule has 1 rings (SSSR count). The first-order chi connectivity index (χ1) is 7.13. The summed E-state index contributed by atoms with van der Waals surface area (Å²) < 4.78 is 4.97. The zero-order valence-corrected chi connectivity index (χ0v) is 9.95. The molecular formula is C11H17O3P. The zero-order valence-electron chi connectivity index (χ0n) is 9.05. The number of para-hydroxylation sites is 1. The summed E-state index contributed by atoms with van der Waals surface area (Å²) in [5, 5.41) is 0. The van der Waals surface area contributed by atoms with Gasteiger partial charge in [0.1, 0.15) is 5.75 Å². The topological polar surface area (TPSA) is 49.7 Å². The predicted octanol–water partition coefficient (Wildman–Crippen LogP) is 2.87. The molecule has 0 spiro atoms. The average molecular weight is 228 g/mol. The molecular weight excluding hydrogens is 211 g/mol. The van der Waals surface area contributed by atoms with Gasteiger partial charge in [0.2, 0.25) is 0 Å². The van der Waals surface area contributed by atoms with Crippen molar-refractivity contribution < 1.29 is 14.3 Å². The van der Waals surface area contributed by atoms with Gasteiger partial charge < -0.3 is 14.3 Å². The quantitative estimate of drug-likeness (QED) is 0.762. The molecule has 0 aliphatic heterocycles. The summed E-state index contributed by atoms with van der Waals surface area (Å²) in [7, 11) is -2.32. The minimum absolute atomic E-state index is 0.568. The molecule has 0 fully saturated rings. The van der Waals surface area contributed by atoms with Crippen molar-refractivity contribution in [3.05, 3.63) is 29.8 Å². The number of benzene rings is 1. The van der Waals surface area contributed by atoms with Gasteiger partial charge in [-0.3, -0.25) is 0 Å². The highest BCUT2D eigenvalue weighted by atomic mass is 31.2. The summed E-state index contributed by atoms with van der Waals surface area (Å²) in [6.45, 7) is 4.30. The highest BCUT2D eigenvalue weighted by Gasteiger charge is 2.10. The Morgan fingerprint density at radius 2 is 2.00 bits per heavy atom. The van der Waals surface area contributed by atoms with Crippen LogP contribution in [0.2, 0.25) is 0 Å². The van der Waals surface area contributed by atoms with E-state index in [0.29, 0.717) is 11.7 Å². The molecule has 3 nitrogen and oxygen atoms in total. The van der Waals surface area contributed by atoms with Crippen LogP contribution in [0.1, 0.15) is 25.8 Å². The maximum Gasteiger partial charge on any atom is 0.391 e. The standard InChI is InChI=1S/C11H17O3P/c1-3-9(2)8-10-6-4-5-7-11(10)14-15(12)13/h4-7,9,12-13H,3,8H2,1-2H3. The molecule has 0 amide bonds. The van der Waals surface area contributed by atoms with Gasteiger partial charge in [0.25, 0.3) is 0 Å². The van der Waals surface area contributed by atoms with Crippen molar-refractivity contribution in [3.8, 4) is 5.75 Å². The number of hydrogen-bond acceptors (Lipinski definition) is 3. The van der Waals surface area contributed by atoms with E-state index >= 15 is 0 Å². The monoisotopic (exact) mass is 228 g/mol. The van der Waals surface area contributed by atoms with Gasteiger partial charge in [-0.1, -0.05) is 38.5 Å². The van der Waals surface area contributed by atoms with Gasteiger partial charge in [0.15, 0.2) is 0 Å². The third-order valence-corrected chi connectivity index (χ3v) is 2.78. The summed E-state index contributed by atoms with van der Waals surface area (Å²) in [6, 6.07) is 7.48. The SMILES string of the molecule is CCC(C)Cc1ccccc1OP(O)O. The van der Waals surface area contributed by atoms with E-state index in [2.05, 4.69) is 13.8 Å². The van der Waals surface area contributed by atoms with E-state index in [1.165, 1.54) is 0 Å². The van der Waals surface area contributed by atoms with Crippen molar-refractivity contribution in [1.82, 2.24) is 0 Å². The number of rotatable bonds is 5. The van der Waals surface area contributed by atoms with Crippen LogP contribution in [0.3, 0.4) is 0 Å². The smallest absolute Gasteiger partial charge is 0.391 e. The molecule has 4 heteroatoms. The van der Waals surface area contributed by atoms with Crippen LogP contribution >= 0.6 is 8.60 Å².